The summed E-state index contributed by atoms with van der Waals surface area (Å²) < 4.78 is 0. The van der Waals surface area contributed by atoms with Gasteiger partial charge in [0, 0.05) is 16.8 Å². The van der Waals surface area contributed by atoms with E-state index < -0.39 is 0 Å². The fourth-order valence-electron chi connectivity index (χ4n) is 2.73. The number of hydrogen-bond acceptors (Lipinski definition) is 1. The lowest BCUT2D eigenvalue weighted by Gasteiger charge is -2.14. The van der Waals surface area contributed by atoms with Crippen molar-refractivity contribution in [2.24, 2.45) is 0 Å². The molecular weight excluding hydrogens is 284 g/mol. The fraction of sp³-hybridized carbons (Fsp3) is 0.235. The zero-order chi connectivity index (χ0) is 14.8. The van der Waals surface area contributed by atoms with Crippen molar-refractivity contribution in [3.63, 3.8) is 0 Å². The van der Waals surface area contributed by atoms with E-state index in [2.05, 4.69) is 22.8 Å². The van der Waals surface area contributed by atoms with E-state index in [4.69, 9.17) is 11.6 Å². The molecule has 3 rings (SSSR count). The van der Waals surface area contributed by atoms with Gasteiger partial charge in [0.15, 0.2) is 0 Å². The highest BCUT2D eigenvalue weighted by atomic mass is 35.5. The predicted molar refractivity (Wildman–Crippen MR) is 86.0 cm³/mol. The molecule has 0 aliphatic heterocycles. The normalized spacial score (nSPS) is 13.8. The number of hydrogen-bond donors (Lipinski definition) is 2. The standard InChI is InChI=1S/C17H17ClN2O/c1-11-6-7-14(18)10-16(11)20-17(21)19-15-8-12-4-2-3-5-13(12)9-15/h2-7,10,15H,8-9H2,1H3,(H2,19,20,21). The van der Waals surface area contributed by atoms with Gasteiger partial charge in [0.05, 0.1) is 0 Å². The van der Waals surface area contributed by atoms with Gasteiger partial charge in [-0.05, 0) is 48.6 Å². The molecule has 2 aromatic carbocycles. The van der Waals surface area contributed by atoms with Crippen LogP contribution >= 0.6 is 11.6 Å². The van der Waals surface area contributed by atoms with Gasteiger partial charge in [0.25, 0.3) is 0 Å². The Labute approximate surface area is 129 Å². The first-order valence-corrected chi connectivity index (χ1v) is 7.40. The summed E-state index contributed by atoms with van der Waals surface area (Å²) in [4.78, 5) is 12.1. The highest BCUT2D eigenvalue weighted by Gasteiger charge is 2.22. The second-order valence-corrected chi connectivity index (χ2v) is 5.87. The maximum absolute atomic E-state index is 12.1. The number of halogens is 1. The maximum Gasteiger partial charge on any atom is 0.319 e. The van der Waals surface area contributed by atoms with Crippen LogP contribution in [0.15, 0.2) is 42.5 Å². The first-order chi connectivity index (χ1) is 10.1. The summed E-state index contributed by atoms with van der Waals surface area (Å²) in [5, 5.41) is 6.51. The quantitative estimate of drug-likeness (QED) is 0.866. The molecule has 0 spiro atoms. The molecule has 0 atom stereocenters. The van der Waals surface area contributed by atoms with Gasteiger partial charge in [-0.15, -0.1) is 0 Å². The average molecular weight is 301 g/mol. The molecular formula is C17H17ClN2O. The van der Waals surface area contributed by atoms with Gasteiger partial charge in [-0.25, -0.2) is 4.79 Å². The lowest BCUT2D eigenvalue weighted by atomic mass is 10.1. The Bertz CT molecular complexity index is 659. The summed E-state index contributed by atoms with van der Waals surface area (Å²) >= 11 is 5.96. The van der Waals surface area contributed by atoms with Crippen LogP contribution in [0.3, 0.4) is 0 Å². The summed E-state index contributed by atoms with van der Waals surface area (Å²) in [7, 11) is 0. The van der Waals surface area contributed by atoms with Crippen LogP contribution in [-0.2, 0) is 12.8 Å². The Hall–Kier alpha value is -2.00. The fourth-order valence-corrected chi connectivity index (χ4v) is 2.91. The van der Waals surface area contributed by atoms with Gasteiger partial charge < -0.3 is 10.6 Å². The molecule has 1 aliphatic carbocycles. The molecule has 108 valence electrons. The first-order valence-electron chi connectivity index (χ1n) is 7.02. The molecule has 0 unspecified atom stereocenters. The molecule has 0 saturated heterocycles. The molecule has 21 heavy (non-hydrogen) atoms. The highest BCUT2D eigenvalue weighted by molar-refractivity contribution is 6.31. The molecule has 0 aromatic heterocycles. The number of amides is 2. The SMILES string of the molecule is Cc1ccc(Cl)cc1NC(=O)NC1Cc2ccccc2C1. The minimum atomic E-state index is -0.182. The monoisotopic (exact) mass is 300 g/mol. The summed E-state index contributed by atoms with van der Waals surface area (Å²) in [5.41, 5.74) is 4.38. The molecule has 0 fully saturated rings. The van der Waals surface area contributed by atoms with E-state index in [1.54, 1.807) is 6.07 Å². The summed E-state index contributed by atoms with van der Waals surface area (Å²) in [6.07, 6.45) is 1.77. The Morgan fingerprint density at radius 3 is 2.48 bits per heavy atom. The number of fused-ring (bicyclic) bond motifs is 1. The van der Waals surface area contributed by atoms with Crippen molar-refractivity contribution in [1.29, 1.82) is 0 Å². The van der Waals surface area contributed by atoms with Gasteiger partial charge in [-0.3, -0.25) is 0 Å². The lowest BCUT2D eigenvalue weighted by Crippen LogP contribution is -2.38. The minimum absolute atomic E-state index is 0.155. The summed E-state index contributed by atoms with van der Waals surface area (Å²) in [6.45, 7) is 1.94. The van der Waals surface area contributed by atoms with Crippen molar-refractivity contribution in [2.75, 3.05) is 5.32 Å². The van der Waals surface area contributed by atoms with E-state index in [1.165, 1.54) is 11.1 Å². The van der Waals surface area contributed by atoms with Crippen LogP contribution in [0.5, 0.6) is 0 Å². The Balaban J connectivity index is 1.62. The van der Waals surface area contributed by atoms with Gasteiger partial charge in [0.2, 0.25) is 0 Å². The second-order valence-electron chi connectivity index (χ2n) is 5.43. The summed E-state index contributed by atoms with van der Waals surface area (Å²) in [6, 6.07) is 13.8. The molecule has 2 amide bonds. The molecule has 0 radical (unpaired) electrons. The smallest absolute Gasteiger partial charge is 0.319 e. The van der Waals surface area contributed by atoms with Crippen molar-refractivity contribution in [3.8, 4) is 0 Å². The third kappa shape index (κ3) is 3.19. The highest BCUT2D eigenvalue weighted by Crippen LogP contribution is 2.22. The number of nitrogens with one attached hydrogen (secondary N) is 2. The lowest BCUT2D eigenvalue weighted by molar-refractivity contribution is 0.249. The van der Waals surface area contributed by atoms with E-state index in [-0.39, 0.29) is 12.1 Å². The van der Waals surface area contributed by atoms with Gasteiger partial charge >= 0.3 is 6.03 Å². The topological polar surface area (TPSA) is 41.1 Å². The molecule has 2 N–H and O–H groups in total. The Kier molecular flexibility index (Phi) is 3.84. The van der Waals surface area contributed by atoms with Crippen molar-refractivity contribution in [1.82, 2.24) is 5.32 Å². The second kappa shape index (κ2) is 5.78. The third-order valence-corrected chi connectivity index (χ3v) is 4.07. The van der Waals surface area contributed by atoms with Crippen molar-refractivity contribution < 1.29 is 4.79 Å². The Morgan fingerprint density at radius 2 is 1.81 bits per heavy atom. The third-order valence-electron chi connectivity index (χ3n) is 3.83. The van der Waals surface area contributed by atoms with E-state index in [1.807, 2.05) is 31.2 Å². The molecule has 0 bridgehead atoms. The van der Waals surface area contributed by atoms with E-state index in [9.17, 15) is 4.79 Å². The number of benzene rings is 2. The first kappa shape index (κ1) is 14.0. The number of rotatable bonds is 2. The van der Waals surface area contributed by atoms with E-state index >= 15 is 0 Å². The van der Waals surface area contributed by atoms with Crippen LogP contribution < -0.4 is 10.6 Å². The largest absolute Gasteiger partial charge is 0.334 e. The number of urea groups is 1. The maximum atomic E-state index is 12.1. The molecule has 2 aromatic rings. The predicted octanol–water partition coefficient (Wildman–Crippen LogP) is 3.94. The zero-order valence-corrected chi connectivity index (χ0v) is 12.6. The van der Waals surface area contributed by atoms with E-state index in [0.29, 0.717) is 5.02 Å². The van der Waals surface area contributed by atoms with Crippen LogP contribution in [0.1, 0.15) is 16.7 Å². The number of carbonyl (C=O) groups is 1. The van der Waals surface area contributed by atoms with Crippen LogP contribution in [-0.4, -0.2) is 12.1 Å². The molecule has 3 nitrogen and oxygen atoms in total. The van der Waals surface area contributed by atoms with Gasteiger partial charge in [0.1, 0.15) is 0 Å². The minimum Gasteiger partial charge on any atom is -0.334 e. The van der Waals surface area contributed by atoms with E-state index in [0.717, 1.165) is 24.1 Å². The zero-order valence-electron chi connectivity index (χ0n) is 11.8. The molecule has 0 saturated carbocycles. The van der Waals surface area contributed by atoms with Crippen LogP contribution in [0.4, 0.5) is 10.5 Å². The molecule has 1 aliphatic rings. The van der Waals surface area contributed by atoms with Gasteiger partial charge in [-0.2, -0.15) is 0 Å². The van der Waals surface area contributed by atoms with Crippen LogP contribution in [0, 0.1) is 6.92 Å². The van der Waals surface area contributed by atoms with Gasteiger partial charge in [-0.1, -0.05) is 41.9 Å². The molecule has 4 heteroatoms. The average Bonchev–Trinajstić information content (AvgIpc) is 2.84. The number of carbonyl (C=O) groups excluding carboxylic acids is 1. The summed E-state index contributed by atoms with van der Waals surface area (Å²) in [5.74, 6) is 0. The van der Waals surface area contributed by atoms with Crippen molar-refractivity contribution >= 4 is 23.3 Å². The Morgan fingerprint density at radius 1 is 1.14 bits per heavy atom. The number of aryl methyl sites for hydroxylation is 1. The van der Waals surface area contributed by atoms with Crippen LogP contribution in [0.2, 0.25) is 5.02 Å². The van der Waals surface area contributed by atoms with Crippen LogP contribution in [0.25, 0.3) is 0 Å². The van der Waals surface area contributed by atoms with Crippen molar-refractivity contribution in [3.05, 3.63) is 64.2 Å². The molecule has 0 heterocycles. The number of anilines is 1. The van der Waals surface area contributed by atoms with Crippen molar-refractivity contribution in [2.45, 2.75) is 25.8 Å².